The number of hydrogen-bond acceptors (Lipinski definition) is 3. The number of pyridine rings is 1. The van der Waals surface area contributed by atoms with Gasteiger partial charge in [-0.15, -0.1) is 0 Å². The summed E-state index contributed by atoms with van der Waals surface area (Å²) in [6.45, 7) is 0.144. The molecule has 0 aliphatic rings. The maximum absolute atomic E-state index is 12.9. The molecule has 0 amide bonds. The van der Waals surface area contributed by atoms with Crippen molar-refractivity contribution in [3.05, 3.63) is 58.6 Å². The Morgan fingerprint density at radius 1 is 1.37 bits per heavy atom. The zero-order chi connectivity index (χ0) is 13.8. The summed E-state index contributed by atoms with van der Waals surface area (Å²) >= 11 is 5.62. The van der Waals surface area contributed by atoms with Crippen molar-refractivity contribution in [1.29, 1.82) is 0 Å². The minimum Gasteiger partial charge on any atom is -0.489 e. The number of benzene rings is 1. The number of carboxylic acid groups (broad SMARTS) is 1. The van der Waals surface area contributed by atoms with E-state index >= 15 is 0 Å². The lowest BCUT2D eigenvalue weighted by Crippen LogP contribution is -2.03. The van der Waals surface area contributed by atoms with Gasteiger partial charge in [-0.2, -0.15) is 0 Å². The molecule has 2 rings (SSSR count). The van der Waals surface area contributed by atoms with Crippen molar-refractivity contribution in [2.45, 2.75) is 6.61 Å². The molecule has 1 heterocycles. The van der Waals surface area contributed by atoms with Crippen molar-refractivity contribution in [3.63, 3.8) is 0 Å². The van der Waals surface area contributed by atoms with Crippen LogP contribution in [-0.2, 0) is 6.61 Å². The summed E-state index contributed by atoms with van der Waals surface area (Å²) in [4.78, 5) is 14.4. The fourth-order valence-electron chi connectivity index (χ4n) is 1.41. The molecule has 2 aromatic rings. The van der Waals surface area contributed by atoms with E-state index in [1.807, 2.05) is 0 Å². The summed E-state index contributed by atoms with van der Waals surface area (Å²) in [5, 5.41) is 8.77. The van der Waals surface area contributed by atoms with Crippen LogP contribution in [0.5, 0.6) is 5.75 Å². The monoisotopic (exact) mass is 281 g/mol. The van der Waals surface area contributed by atoms with Crippen LogP contribution in [0.25, 0.3) is 0 Å². The third kappa shape index (κ3) is 3.42. The number of aromatic nitrogens is 1. The van der Waals surface area contributed by atoms with Gasteiger partial charge in [-0.05, 0) is 29.8 Å². The number of nitrogens with zero attached hydrogens (tertiary/aromatic N) is 1. The van der Waals surface area contributed by atoms with Crippen LogP contribution in [0.15, 0.2) is 36.5 Å². The van der Waals surface area contributed by atoms with Crippen LogP contribution in [0.4, 0.5) is 4.39 Å². The molecule has 4 nitrogen and oxygen atoms in total. The molecule has 1 N–H and O–H groups in total. The first-order valence-electron chi connectivity index (χ1n) is 5.32. The van der Waals surface area contributed by atoms with Gasteiger partial charge in [0.1, 0.15) is 23.9 Å². The van der Waals surface area contributed by atoms with Crippen molar-refractivity contribution in [1.82, 2.24) is 4.98 Å². The number of carboxylic acids is 1. The van der Waals surface area contributed by atoms with E-state index in [1.54, 1.807) is 6.07 Å². The predicted molar refractivity (Wildman–Crippen MR) is 66.9 cm³/mol. The molecule has 0 aliphatic heterocycles. The lowest BCUT2D eigenvalue weighted by molar-refractivity contribution is 0.0690. The second-order valence-corrected chi connectivity index (χ2v) is 4.13. The normalized spacial score (nSPS) is 10.2. The van der Waals surface area contributed by atoms with Crippen LogP contribution in [0, 0.1) is 5.82 Å². The summed E-state index contributed by atoms with van der Waals surface area (Å²) in [5.74, 6) is -1.22. The molecule has 6 heteroatoms. The van der Waals surface area contributed by atoms with Crippen LogP contribution in [-0.4, -0.2) is 16.1 Å². The molecule has 98 valence electrons. The molecular formula is C13H9ClFNO3. The molecular weight excluding hydrogens is 273 g/mol. The molecule has 0 bridgehead atoms. The fraction of sp³-hybridized carbons (Fsp3) is 0.0769. The summed E-state index contributed by atoms with van der Waals surface area (Å²) in [6, 6.07) is 7.05. The molecule has 0 saturated heterocycles. The van der Waals surface area contributed by atoms with Crippen molar-refractivity contribution < 1.29 is 19.0 Å². The minimum absolute atomic E-state index is 0.0292. The Balaban J connectivity index is 2.07. The molecule has 0 spiro atoms. The Kier molecular flexibility index (Phi) is 3.97. The van der Waals surface area contributed by atoms with E-state index in [0.717, 1.165) is 0 Å². The Morgan fingerprint density at radius 2 is 2.16 bits per heavy atom. The molecule has 0 saturated carbocycles. The number of halogens is 2. The summed E-state index contributed by atoms with van der Waals surface area (Å²) in [5.41, 5.74) is 0.589. The number of rotatable bonds is 4. The SMILES string of the molecule is O=C(O)c1cc(COc2ccc(F)c(Cl)c2)ccn1. The second-order valence-electron chi connectivity index (χ2n) is 3.72. The van der Waals surface area contributed by atoms with Gasteiger partial charge in [0.05, 0.1) is 5.02 Å². The lowest BCUT2D eigenvalue weighted by Gasteiger charge is -2.07. The number of ether oxygens (including phenoxy) is 1. The Morgan fingerprint density at radius 3 is 2.84 bits per heavy atom. The highest BCUT2D eigenvalue weighted by atomic mass is 35.5. The molecule has 0 fully saturated rings. The van der Waals surface area contributed by atoms with E-state index in [4.69, 9.17) is 21.4 Å². The zero-order valence-electron chi connectivity index (χ0n) is 9.64. The van der Waals surface area contributed by atoms with Gasteiger partial charge in [0, 0.05) is 12.3 Å². The average molecular weight is 282 g/mol. The van der Waals surface area contributed by atoms with Gasteiger partial charge in [-0.3, -0.25) is 0 Å². The van der Waals surface area contributed by atoms with E-state index in [-0.39, 0.29) is 17.3 Å². The highest BCUT2D eigenvalue weighted by Crippen LogP contribution is 2.21. The first-order chi connectivity index (χ1) is 9.06. The van der Waals surface area contributed by atoms with Crippen LogP contribution >= 0.6 is 11.6 Å². The fourth-order valence-corrected chi connectivity index (χ4v) is 1.58. The highest BCUT2D eigenvalue weighted by Gasteiger charge is 2.06. The number of aromatic carboxylic acids is 1. The first kappa shape index (κ1) is 13.3. The standard InChI is InChI=1S/C13H9ClFNO3/c14-10-6-9(1-2-11(10)15)19-7-8-3-4-16-12(5-8)13(17)18/h1-6H,7H2,(H,17,18). The smallest absolute Gasteiger partial charge is 0.354 e. The predicted octanol–water partition coefficient (Wildman–Crippen LogP) is 3.15. The van der Waals surface area contributed by atoms with Gasteiger partial charge >= 0.3 is 5.97 Å². The first-order valence-corrected chi connectivity index (χ1v) is 5.70. The van der Waals surface area contributed by atoms with Gasteiger partial charge < -0.3 is 9.84 Å². The molecule has 19 heavy (non-hydrogen) atoms. The Labute approximate surface area is 113 Å². The van der Waals surface area contributed by atoms with Crippen LogP contribution in [0.3, 0.4) is 0 Å². The molecule has 0 aliphatic carbocycles. The van der Waals surface area contributed by atoms with E-state index in [0.29, 0.717) is 11.3 Å². The largest absolute Gasteiger partial charge is 0.489 e. The van der Waals surface area contributed by atoms with Gasteiger partial charge in [0.2, 0.25) is 0 Å². The summed E-state index contributed by atoms with van der Waals surface area (Å²) in [7, 11) is 0. The maximum atomic E-state index is 12.9. The minimum atomic E-state index is -1.10. The number of hydrogen-bond donors (Lipinski definition) is 1. The van der Waals surface area contributed by atoms with Gasteiger partial charge in [0.25, 0.3) is 0 Å². The zero-order valence-corrected chi connectivity index (χ0v) is 10.4. The van der Waals surface area contributed by atoms with Gasteiger partial charge in [-0.1, -0.05) is 11.6 Å². The molecule has 0 unspecified atom stereocenters. The van der Waals surface area contributed by atoms with Crippen molar-refractivity contribution in [2.75, 3.05) is 0 Å². The summed E-state index contributed by atoms with van der Waals surface area (Å²) < 4.78 is 18.3. The van der Waals surface area contributed by atoms with Crippen LogP contribution in [0.2, 0.25) is 5.02 Å². The molecule has 1 aromatic heterocycles. The summed E-state index contributed by atoms with van der Waals surface area (Å²) in [6.07, 6.45) is 1.39. The second kappa shape index (κ2) is 5.67. The number of carbonyl (C=O) groups is 1. The lowest BCUT2D eigenvalue weighted by atomic mass is 10.2. The van der Waals surface area contributed by atoms with Crippen molar-refractivity contribution in [2.24, 2.45) is 0 Å². The van der Waals surface area contributed by atoms with Crippen molar-refractivity contribution in [3.8, 4) is 5.75 Å². The van der Waals surface area contributed by atoms with Crippen LogP contribution in [0.1, 0.15) is 16.1 Å². The molecule has 1 aromatic carbocycles. The molecule has 0 radical (unpaired) electrons. The quantitative estimate of drug-likeness (QED) is 0.935. The average Bonchev–Trinajstić information content (AvgIpc) is 2.40. The van der Waals surface area contributed by atoms with Crippen LogP contribution < -0.4 is 4.74 Å². The van der Waals surface area contributed by atoms with E-state index in [9.17, 15) is 9.18 Å². The van der Waals surface area contributed by atoms with Gasteiger partial charge in [0.15, 0.2) is 0 Å². The molecule has 0 atom stereocenters. The topological polar surface area (TPSA) is 59.4 Å². The Hall–Kier alpha value is -2.14. The van der Waals surface area contributed by atoms with Crippen molar-refractivity contribution >= 4 is 17.6 Å². The highest BCUT2D eigenvalue weighted by molar-refractivity contribution is 6.30. The maximum Gasteiger partial charge on any atom is 0.354 e. The van der Waals surface area contributed by atoms with E-state index in [1.165, 1.54) is 30.5 Å². The third-order valence-electron chi connectivity index (χ3n) is 2.34. The van der Waals surface area contributed by atoms with Gasteiger partial charge in [-0.25, -0.2) is 14.2 Å². The van der Waals surface area contributed by atoms with E-state index in [2.05, 4.69) is 4.98 Å². The van der Waals surface area contributed by atoms with E-state index < -0.39 is 11.8 Å². The Bertz CT molecular complexity index is 619. The third-order valence-corrected chi connectivity index (χ3v) is 2.63.